The average molecular weight is 297 g/mol. The van der Waals surface area contributed by atoms with Gasteiger partial charge in [0.05, 0.1) is 13.1 Å². The number of aromatic nitrogens is 1. The van der Waals surface area contributed by atoms with Gasteiger partial charge in [-0.05, 0) is 24.3 Å². The molecule has 20 heavy (non-hydrogen) atoms. The minimum atomic E-state index is -1.16. The highest BCUT2D eigenvalue weighted by molar-refractivity contribution is 6.30. The van der Waals surface area contributed by atoms with Gasteiger partial charge >= 0.3 is 5.97 Å². The summed E-state index contributed by atoms with van der Waals surface area (Å²) in [5.74, 6) is -0.851. The Labute approximate surface area is 118 Å². The molecule has 1 aliphatic heterocycles. The summed E-state index contributed by atoms with van der Waals surface area (Å²) in [6.45, 7) is 0.264. The van der Waals surface area contributed by atoms with Crippen LogP contribution in [0.5, 0.6) is 0 Å². The smallest absolute Gasteiger partial charge is 0.343 e. The molecule has 104 valence electrons. The molecule has 1 fully saturated rings. The lowest BCUT2D eigenvalue weighted by atomic mass is 10.1. The van der Waals surface area contributed by atoms with Crippen LogP contribution in [0.15, 0.2) is 28.8 Å². The van der Waals surface area contributed by atoms with Crippen LogP contribution in [0, 0.1) is 0 Å². The maximum Gasteiger partial charge on any atom is 0.343 e. The van der Waals surface area contributed by atoms with Crippen molar-refractivity contribution in [2.45, 2.75) is 6.17 Å². The van der Waals surface area contributed by atoms with Gasteiger partial charge in [0, 0.05) is 10.6 Å². The Kier molecular flexibility index (Phi) is 3.10. The highest BCUT2D eigenvalue weighted by atomic mass is 35.5. The third-order valence-electron chi connectivity index (χ3n) is 3.13. The van der Waals surface area contributed by atoms with E-state index in [1.54, 1.807) is 24.3 Å². The second kappa shape index (κ2) is 4.79. The van der Waals surface area contributed by atoms with Gasteiger partial charge in [0.2, 0.25) is 0 Å². The van der Waals surface area contributed by atoms with Crippen LogP contribution in [0.4, 0.5) is 10.2 Å². The molecule has 1 aromatic carbocycles. The molecular formula is C13H10ClFN2O3. The summed E-state index contributed by atoms with van der Waals surface area (Å²) in [7, 11) is 0. The van der Waals surface area contributed by atoms with Gasteiger partial charge in [-0.25, -0.2) is 9.18 Å². The molecule has 0 unspecified atom stereocenters. The number of rotatable bonds is 3. The largest absolute Gasteiger partial charge is 0.477 e. The number of hydrogen-bond donors (Lipinski definition) is 1. The number of carboxylic acid groups (broad SMARTS) is 1. The fourth-order valence-corrected chi connectivity index (χ4v) is 2.21. The molecule has 0 amide bonds. The monoisotopic (exact) mass is 296 g/mol. The van der Waals surface area contributed by atoms with Crippen LogP contribution in [0.1, 0.15) is 10.4 Å². The SMILES string of the molecule is O=C(O)c1c(N2CC(F)C2)noc1-c1ccc(Cl)cc1. The van der Waals surface area contributed by atoms with Crippen LogP contribution in [0.3, 0.4) is 0 Å². The van der Waals surface area contributed by atoms with Crippen LogP contribution < -0.4 is 4.90 Å². The van der Waals surface area contributed by atoms with Gasteiger partial charge in [-0.15, -0.1) is 0 Å². The van der Waals surface area contributed by atoms with Gasteiger partial charge in [0.25, 0.3) is 0 Å². The summed E-state index contributed by atoms with van der Waals surface area (Å²) in [5.41, 5.74) is 0.502. The summed E-state index contributed by atoms with van der Waals surface area (Å²) in [6, 6.07) is 6.55. The Bertz CT molecular complexity index is 650. The summed E-state index contributed by atoms with van der Waals surface area (Å²) in [4.78, 5) is 13.0. The third-order valence-corrected chi connectivity index (χ3v) is 3.38. The first kappa shape index (κ1) is 12.9. The van der Waals surface area contributed by atoms with Gasteiger partial charge in [0.1, 0.15) is 6.17 Å². The Morgan fingerprint density at radius 3 is 2.60 bits per heavy atom. The fourth-order valence-electron chi connectivity index (χ4n) is 2.09. The minimum Gasteiger partial charge on any atom is -0.477 e. The highest BCUT2D eigenvalue weighted by Gasteiger charge is 2.34. The van der Waals surface area contributed by atoms with Gasteiger partial charge in [-0.2, -0.15) is 0 Å². The lowest BCUT2D eigenvalue weighted by Crippen LogP contribution is -2.49. The maximum atomic E-state index is 12.9. The Morgan fingerprint density at radius 2 is 2.05 bits per heavy atom. The summed E-state index contributed by atoms with van der Waals surface area (Å²) >= 11 is 5.79. The molecule has 0 saturated carbocycles. The van der Waals surface area contributed by atoms with Crippen molar-refractivity contribution in [3.63, 3.8) is 0 Å². The van der Waals surface area contributed by atoms with E-state index in [2.05, 4.69) is 5.16 Å². The van der Waals surface area contributed by atoms with E-state index in [-0.39, 0.29) is 30.2 Å². The van der Waals surface area contributed by atoms with Gasteiger partial charge < -0.3 is 14.5 Å². The molecule has 1 saturated heterocycles. The topological polar surface area (TPSA) is 66.6 Å². The number of hydrogen-bond acceptors (Lipinski definition) is 4. The molecule has 0 aliphatic carbocycles. The zero-order valence-electron chi connectivity index (χ0n) is 10.2. The molecule has 0 spiro atoms. The van der Waals surface area contributed by atoms with Crippen LogP contribution in [-0.2, 0) is 0 Å². The molecule has 1 aliphatic rings. The number of carbonyl (C=O) groups is 1. The van der Waals surface area contributed by atoms with E-state index in [0.29, 0.717) is 10.6 Å². The standard InChI is InChI=1S/C13H10ClFN2O3/c14-8-3-1-7(2-4-8)11-10(13(18)19)12(16-20-11)17-5-9(15)6-17/h1-4,9H,5-6H2,(H,18,19). The second-order valence-electron chi connectivity index (χ2n) is 4.52. The van der Waals surface area contributed by atoms with E-state index in [1.807, 2.05) is 0 Å². The number of carboxylic acids is 1. The van der Waals surface area contributed by atoms with Gasteiger partial charge in [-0.1, -0.05) is 16.8 Å². The molecule has 0 radical (unpaired) electrons. The molecule has 7 heteroatoms. The minimum absolute atomic E-state index is 0.0563. The van der Waals surface area contributed by atoms with E-state index in [4.69, 9.17) is 16.1 Å². The van der Waals surface area contributed by atoms with Gasteiger partial charge in [0.15, 0.2) is 17.1 Å². The van der Waals surface area contributed by atoms with Crippen molar-refractivity contribution in [3.05, 3.63) is 34.9 Å². The van der Waals surface area contributed by atoms with Crippen molar-refractivity contribution < 1.29 is 18.8 Å². The summed E-state index contributed by atoms with van der Waals surface area (Å²) in [6.07, 6.45) is -0.952. The molecule has 0 bridgehead atoms. The van der Waals surface area contributed by atoms with E-state index in [9.17, 15) is 14.3 Å². The second-order valence-corrected chi connectivity index (χ2v) is 4.96. The van der Waals surface area contributed by atoms with Crippen LogP contribution in [0.25, 0.3) is 11.3 Å². The van der Waals surface area contributed by atoms with Crippen molar-refractivity contribution in [1.82, 2.24) is 5.16 Å². The third kappa shape index (κ3) is 2.12. The molecule has 0 atom stereocenters. The van der Waals surface area contributed by atoms with E-state index >= 15 is 0 Å². The quantitative estimate of drug-likeness (QED) is 0.943. The predicted molar refractivity (Wildman–Crippen MR) is 71.0 cm³/mol. The maximum absolute atomic E-state index is 12.9. The predicted octanol–water partition coefficient (Wildman–Crippen LogP) is 2.85. The lowest BCUT2D eigenvalue weighted by Gasteiger charge is -2.34. The van der Waals surface area contributed by atoms with Crippen molar-refractivity contribution in [2.24, 2.45) is 0 Å². The number of benzene rings is 1. The molecule has 1 aromatic heterocycles. The van der Waals surface area contributed by atoms with Crippen molar-refractivity contribution >= 4 is 23.4 Å². The molecule has 3 rings (SSSR count). The number of nitrogens with zero attached hydrogens (tertiary/aromatic N) is 2. The molecule has 2 aromatic rings. The zero-order chi connectivity index (χ0) is 14.3. The average Bonchev–Trinajstić information content (AvgIpc) is 2.80. The molecule has 1 N–H and O–H groups in total. The summed E-state index contributed by atoms with van der Waals surface area (Å²) in [5, 5.41) is 13.6. The number of alkyl halides is 1. The normalized spacial score (nSPS) is 15.2. The lowest BCUT2D eigenvalue weighted by molar-refractivity contribution is 0.0697. The number of aromatic carboxylic acids is 1. The first-order valence-electron chi connectivity index (χ1n) is 5.94. The Morgan fingerprint density at radius 1 is 1.40 bits per heavy atom. The zero-order valence-corrected chi connectivity index (χ0v) is 11.0. The summed E-state index contributed by atoms with van der Waals surface area (Å²) < 4.78 is 18.0. The van der Waals surface area contributed by atoms with Crippen LogP contribution in [0.2, 0.25) is 5.02 Å². The first-order chi connectivity index (χ1) is 9.56. The van der Waals surface area contributed by atoms with Crippen LogP contribution in [-0.4, -0.2) is 35.5 Å². The Balaban J connectivity index is 2.03. The molecule has 5 nitrogen and oxygen atoms in total. The molecule has 2 heterocycles. The highest BCUT2D eigenvalue weighted by Crippen LogP contribution is 2.34. The van der Waals surface area contributed by atoms with E-state index < -0.39 is 12.1 Å². The van der Waals surface area contributed by atoms with E-state index in [0.717, 1.165) is 0 Å². The number of anilines is 1. The van der Waals surface area contributed by atoms with Gasteiger partial charge in [-0.3, -0.25) is 0 Å². The van der Waals surface area contributed by atoms with Crippen LogP contribution >= 0.6 is 11.6 Å². The van der Waals surface area contributed by atoms with Crippen molar-refractivity contribution in [3.8, 4) is 11.3 Å². The number of halogens is 2. The molecular weight excluding hydrogens is 287 g/mol. The van der Waals surface area contributed by atoms with E-state index in [1.165, 1.54) is 4.90 Å². The first-order valence-corrected chi connectivity index (χ1v) is 6.32. The van der Waals surface area contributed by atoms with Crippen molar-refractivity contribution in [2.75, 3.05) is 18.0 Å². The van der Waals surface area contributed by atoms with Crippen molar-refractivity contribution in [1.29, 1.82) is 0 Å². The Hall–Kier alpha value is -2.08. The fraction of sp³-hybridized carbons (Fsp3) is 0.231.